The van der Waals surface area contributed by atoms with Crippen molar-refractivity contribution in [2.24, 2.45) is 0 Å². The smallest absolute Gasteiger partial charge is 0.181 e. The zero-order valence-electron chi connectivity index (χ0n) is 19.1. The van der Waals surface area contributed by atoms with Crippen molar-refractivity contribution in [2.45, 2.75) is 17.0 Å². The number of nitrogens with one attached hydrogen (secondary N) is 1. The van der Waals surface area contributed by atoms with Gasteiger partial charge in [-0.25, -0.2) is 15.0 Å². The lowest BCUT2D eigenvalue weighted by Crippen LogP contribution is -2.49. The van der Waals surface area contributed by atoms with E-state index >= 15 is 0 Å². The Kier molecular flexibility index (Phi) is 7.50. The van der Waals surface area contributed by atoms with Crippen LogP contribution in [0, 0.1) is 0 Å². The molecule has 1 aliphatic rings. The molecule has 5 rings (SSSR count). The number of benzene rings is 2. The maximum atomic E-state index is 10.6. The summed E-state index contributed by atoms with van der Waals surface area (Å²) in [5.41, 5.74) is 4.21. The second-order valence-corrected chi connectivity index (χ2v) is 9.73. The quantitative estimate of drug-likeness (QED) is 0.285. The van der Waals surface area contributed by atoms with Gasteiger partial charge in [-0.05, 0) is 11.1 Å². The average molecular weight is 475 g/mol. The van der Waals surface area contributed by atoms with Crippen molar-refractivity contribution in [3.8, 4) is 0 Å². The highest BCUT2D eigenvalue weighted by Crippen LogP contribution is 2.26. The average Bonchev–Trinajstić information content (AvgIpc) is 3.38. The summed E-state index contributed by atoms with van der Waals surface area (Å²) in [4.78, 5) is 20.7. The SMILES string of the molecule is OC(CSc1ncnc2nc[nH]c12)CN1CCN(CC(c2ccccc2)c2ccccc2)CC1. The third-order valence-corrected chi connectivity index (χ3v) is 7.51. The van der Waals surface area contributed by atoms with E-state index in [1.807, 2.05) is 0 Å². The second kappa shape index (κ2) is 11.1. The Hall–Kier alpha value is -2.78. The summed E-state index contributed by atoms with van der Waals surface area (Å²) >= 11 is 1.55. The molecule has 1 unspecified atom stereocenters. The van der Waals surface area contributed by atoms with Gasteiger partial charge in [-0.3, -0.25) is 9.80 Å². The molecule has 0 aliphatic carbocycles. The number of imidazole rings is 1. The zero-order chi connectivity index (χ0) is 23.2. The molecule has 1 atom stereocenters. The molecule has 34 heavy (non-hydrogen) atoms. The highest BCUT2D eigenvalue weighted by Gasteiger charge is 2.23. The Bertz CT molecular complexity index is 1120. The van der Waals surface area contributed by atoms with Gasteiger partial charge in [-0.1, -0.05) is 60.7 Å². The molecule has 0 amide bonds. The van der Waals surface area contributed by atoms with Gasteiger partial charge in [0.2, 0.25) is 0 Å². The minimum absolute atomic E-state index is 0.364. The lowest BCUT2D eigenvalue weighted by atomic mass is 9.90. The number of hydrogen-bond donors (Lipinski definition) is 2. The van der Waals surface area contributed by atoms with E-state index in [4.69, 9.17) is 0 Å². The number of β-amino-alcohol motifs (C(OH)–C–C–N with tert-alkyl or cyclic N) is 1. The van der Waals surface area contributed by atoms with Gasteiger partial charge in [0.1, 0.15) is 16.9 Å². The van der Waals surface area contributed by atoms with E-state index in [0.717, 1.165) is 43.3 Å². The van der Waals surface area contributed by atoms with Gasteiger partial charge in [0.25, 0.3) is 0 Å². The fraction of sp³-hybridized carbons (Fsp3) is 0.346. The standard InChI is InChI=1S/C26H30N6OS/c33-22(17-34-26-24-25(28-18-27-24)29-19-30-26)15-31-11-13-32(14-12-31)16-23(20-7-3-1-4-8-20)21-9-5-2-6-10-21/h1-10,18-19,22-23,33H,11-17H2,(H,27,28,29,30). The molecule has 0 saturated carbocycles. The first-order chi connectivity index (χ1) is 16.8. The summed E-state index contributed by atoms with van der Waals surface area (Å²) in [5, 5.41) is 11.5. The molecule has 0 bridgehead atoms. The summed E-state index contributed by atoms with van der Waals surface area (Å²) < 4.78 is 0. The monoisotopic (exact) mass is 474 g/mol. The number of aliphatic hydroxyl groups excluding tert-OH is 1. The van der Waals surface area contributed by atoms with Crippen molar-refractivity contribution in [1.29, 1.82) is 0 Å². The molecule has 2 aromatic carbocycles. The van der Waals surface area contributed by atoms with Crippen LogP contribution in [0.5, 0.6) is 0 Å². The molecule has 1 saturated heterocycles. The number of nitrogens with zero attached hydrogens (tertiary/aromatic N) is 5. The minimum atomic E-state index is -0.411. The van der Waals surface area contributed by atoms with Gasteiger partial charge in [-0.15, -0.1) is 11.8 Å². The number of hydrogen-bond acceptors (Lipinski definition) is 7. The van der Waals surface area contributed by atoms with Crippen LogP contribution in [0.1, 0.15) is 17.0 Å². The van der Waals surface area contributed by atoms with E-state index in [9.17, 15) is 5.11 Å². The van der Waals surface area contributed by atoms with Crippen molar-refractivity contribution < 1.29 is 5.11 Å². The molecular weight excluding hydrogens is 444 g/mol. The second-order valence-electron chi connectivity index (χ2n) is 8.72. The number of rotatable bonds is 9. The first-order valence-corrected chi connectivity index (χ1v) is 12.7. The first-order valence-electron chi connectivity index (χ1n) is 11.8. The topological polar surface area (TPSA) is 81.2 Å². The van der Waals surface area contributed by atoms with Gasteiger partial charge in [0.05, 0.1) is 12.4 Å². The van der Waals surface area contributed by atoms with Crippen LogP contribution in [-0.2, 0) is 0 Å². The Morgan fingerprint density at radius 1 is 0.824 bits per heavy atom. The van der Waals surface area contributed by atoms with Crippen LogP contribution in [0.15, 0.2) is 78.3 Å². The summed E-state index contributed by atoms with van der Waals surface area (Å²) in [6.07, 6.45) is 2.74. The van der Waals surface area contributed by atoms with Crippen molar-refractivity contribution in [3.63, 3.8) is 0 Å². The molecule has 2 aromatic heterocycles. The van der Waals surface area contributed by atoms with Gasteiger partial charge in [0.15, 0.2) is 5.65 Å². The summed E-state index contributed by atoms with van der Waals surface area (Å²) in [6, 6.07) is 21.6. The van der Waals surface area contributed by atoms with Crippen LogP contribution < -0.4 is 0 Å². The molecule has 0 radical (unpaired) electrons. The van der Waals surface area contributed by atoms with Crippen LogP contribution in [0.3, 0.4) is 0 Å². The third kappa shape index (κ3) is 5.64. The predicted molar refractivity (Wildman–Crippen MR) is 136 cm³/mol. The molecule has 176 valence electrons. The molecule has 2 N–H and O–H groups in total. The van der Waals surface area contributed by atoms with Gasteiger partial charge >= 0.3 is 0 Å². The van der Waals surface area contributed by atoms with Crippen LogP contribution in [0.2, 0.25) is 0 Å². The number of thioether (sulfide) groups is 1. The van der Waals surface area contributed by atoms with Gasteiger partial charge < -0.3 is 10.1 Å². The molecular formula is C26H30N6OS. The van der Waals surface area contributed by atoms with Crippen molar-refractivity contribution in [3.05, 3.63) is 84.4 Å². The van der Waals surface area contributed by atoms with Crippen LogP contribution in [0.25, 0.3) is 11.2 Å². The number of piperazine rings is 1. The molecule has 3 heterocycles. The first kappa shape index (κ1) is 23.0. The van der Waals surface area contributed by atoms with Crippen LogP contribution in [0.4, 0.5) is 0 Å². The van der Waals surface area contributed by atoms with E-state index in [1.54, 1.807) is 18.1 Å². The largest absolute Gasteiger partial charge is 0.391 e. The van der Waals surface area contributed by atoms with E-state index in [0.29, 0.717) is 23.9 Å². The number of H-pyrrole nitrogens is 1. The number of aliphatic hydroxyl groups is 1. The van der Waals surface area contributed by atoms with Crippen molar-refractivity contribution in [2.75, 3.05) is 45.0 Å². The Balaban J connectivity index is 1.12. The fourth-order valence-corrected chi connectivity index (χ4v) is 5.44. The Morgan fingerprint density at radius 2 is 1.44 bits per heavy atom. The zero-order valence-corrected chi connectivity index (χ0v) is 19.9. The Labute approximate surface area is 204 Å². The van der Waals surface area contributed by atoms with Gasteiger partial charge in [-0.2, -0.15) is 0 Å². The number of aromatic amines is 1. The van der Waals surface area contributed by atoms with Crippen molar-refractivity contribution >= 4 is 22.9 Å². The highest BCUT2D eigenvalue weighted by atomic mass is 32.2. The van der Waals surface area contributed by atoms with Crippen LogP contribution in [-0.4, -0.2) is 86.0 Å². The summed E-state index contributed by atoms with van der Waals surface area (Å²) in [7, 11) is 0. The highest BCUT2D eigenvalue weighted by molar-refractivity contribution is 7.99. The molecule has 4 aromatic rings. The maximum Gasteiger partial charge on any atom is 0.181 e. The molecule has 1 aliphatic heterocycles. The predicted octanol–water partition coefficient (Wildman–Crippen LogP) is 3.26. The van der Waals surface area contributed by atoms with E-state index < -0.39 is 6.10 Å². The van der Waals surface area contributed by atoms with Crippen molar-refractivity contribution in [1.82, 2.24) is 29.7 Å². The lowest BCUT2D eigenvalue weighted by molar-refractivity contribution is 0.0815. The fourth-order valence-electron chi connectivity index (χ4n) is 4.56. The van der Waals surface area contributed by atoms with E-state index in [2.05, 4.69) is 90.4 Å². The third-order valence-electron chi connectivity index (χ3n) is 6.38. The normalized spacial score (nSPS) is 16.3. The van der Waals surface area contributed by atoms with Crippen LogP contribution >= 0.6 is 11.8 Å². The molecule has 8 heteroatoms. The van der Waals surface area contributed by atoms with E-state index in [1.165, 1.54) is 17.5 Å². The number of fused-ring (bicyclic) bond motifs is 1. The molecule has 7 nitrogen and oxygen atoms in total. The van der Waals surface area contributed by atoms with E-state index in [-0.39, 0.29) is 0 Å². The summed E-state index contributed by atoms with van der Waals surface area (Å²) in [5.74, 6) is 0.957. The Morgan fingerprint density at radius 3 is 2.09 bits per heavy atom. The molecule has 1 fully saturated rings. The minimum Gasteiger partial charge on any atom is -0.391 e. The summed E-state index contributed by atoms with van der Waals surface area (Å²) in [6.45, 7) is 5.65. The number of aromatic nitrogens is 4. The molecule has 0 spiro atoms. The maximum absolute atomic E-state index is 10.6. The lowest BCUT2D eigenvalue weighted by Gasteiger charge is -2.37. The van der Waals surface area contributed by atoms with Gasteiger partial charge in [0, 0.05) is 50.9 Å².